The van der Waals surface area contributed by atoms with E-state index >= 15 is 0 Å². The summed E-state index contributed by atoms with van der Waals surface area (Å²) in [5.41, 5.74) is 5.53. The molecular formula is C4H7ClLiNO. The molecule has 0 rings (SSSR count). The van der Waals surface area contributed by atoms with Crippen LogP contribution in [0.5, 0.6) is 0 Å². The second-order valence-electron chi connectivity index (χ2n) is 1.26. The smallest absolute Gasteiger partial charge is 0.864 e. The van der Waals surface area contributed by atoms with Crippen LogP contribution in [-0.4, -0.2) is 6.54 Å². The Morgan fingerprint density at radius 1 is 1.75 bits per heavy atom. The van der Waals surface area contributed by atoms with Crippen molar-refractivity contribution in [2.24, 2.45) is 5.73 Å². The van der Waals surface area contributed by atoms with E-state index in [2.05, 4.69) is 0 Å². The van der Waals surface area contributed by atoms with Crippen LogP contribution in [0.25, 0.3) is 0 Å². The topological polar surface area (TPSA) is 49.1 Å². The number of hydrogen-bond acceptors (Lipinski definition) is 2. The molecule has 0 atom stereocenters. The maximum Gasteiger partial charge on any atom is 1.00 e. The second kappa shape index (κ2) is 5.52. The summed E-state index contributed by atoms with van der Waals surface area (Å²) in [7, 11) is 0. The fourth-order valence-corrected chi connectivity index (χ4v) is 0.157. The largest absolute Gasteiger partial charge is 1.00 e. The Bertz CT molecular complexity index is 90.0. The Kier molecular flexibility index (Phi) is 7.75. The number of nitrogens with two attached hydrogens (primary N) is 1. The molecule has 0 heterocycles. The summed E-state index contributed by atoms with van der Waals surface area (Å²) < 4.78 is 0. The first-order valence-electron chi connectivity index (χ1n) is 1.90. The van der Waals surface area contributed by atoms with Crippen molar-refractivity contribution in [2.75, 3.05) is 6.54 Å². The molecule has 0 aromatic heterocycles. The van der Waals surface area contributed by atoms with Crippen LogP contribution in [0, 0.1) is 0 Å². The Morgan fingerprint density at radius 2 is 2.12 bits per heavy atom. The van der Waals surface area contributed by atoms with Crippen LogP contribution < -0.4 is 29.7 Å². The van der Waals surface area contributed by atoms with E-state index in [0.717, 1.165) is 0 Å². The molecule has 0 aliphatic heterocycles. The quantitative estimate of drug-likeness (QED) is 0.298. The van der Waals surface area contributed by atoms with E-state index in [0.29, 0.717) is 5.57 Å². The third-order valence-corrected chi connectivity index (χ3v) is 0.964. The Balaban J connectivity index is 0. The first-order chi connectivity index (χ1) is 3.18. The van der Waals surface area contributed by atoms with Gasteiger partial charge in [-0.05, 0) is 12.1 Å². The van der Waals surface area contributed by atoms with Gasteiger partial charge in [-0.2, -0.15) is 0 Å². The van der Waals surface area contributed by atoms with E-state index < -0.39 is 5.22 Å². The molecule has 0 aromatic rings. The van der Waals surface area contributed by atoms with Gasteiger partial charge in [0.05, 0.1) is 0 Å². The third-order valence-electron chi connectivity index (χ3n) is 0.642. The molecule has 0 fully saturated rings. The maximum absolute atomic E-state index is 10.0. The van der Waals surface area contributed by atoms with Crippen LogP contribution >= 0.6 is 11.6 Å². The van der Waals surface area contributed by atoms with Crippen molar-refractivity contribution in [1.82, 2.24) is 0 Å². The van der Waals surface area contributed by atoms with Crippen molar-refractivity contribution in [3.63, 3.8) is 0 Å². The zero-order valence-electron chi connectivity index (χ0n) is 5.07. The summed E-state index contributed by atoms with van der Waals surface area (Å²) in [6.45, 7) is 1.86. The van der Waals surface area contributed by atoms with Gasteiger partial charge in [0, 0.05) is 6.54 Å². The molecule has 2 N–H and O–H groups in total. The molecule has 0 bridgehead atoms. The fraction of sp³-hybridized carbons (Fsp3) is 0.500. The first-order valence-corrected chi connectivity index (χ1v) is 2.28. The molecule has 4 heteroatoms. The van der Waals surface area contributed by atoms with E-state index in [9.17, 15) is 5.11 Å². The zero-order valence-corrected chi connectivity index (χ0v) is 5.83. The molecule has 0 spiro atoms. The van der Waals surface area contributed by atoms with Gasteiger partial charge >= 0.3 is 18.9 Å². The summed E-state index contributed by atoms with van der Waals surface area (Å²) in [5.74, 6) is 0. The number of hydrogen-bond donors (Lipinski definition) is 1. The van der Waals surface area contributed by atoms with Gasteiger partial charge in [0.1, 0.15) is 0 Å². The summed E-state index contributed by atoms with van der Waals surface area (Å²) in [6, 6.07) is 0. The van der Waals surface area contributed by atoms with Gasteiger partial charge in [0.25, 0.3) is 0 Å². The average molecular weight is 128 g/mol. The molecule has 0 radical (unpaired) electrons. The summed E-state index contributed by atoms with van der Waals surface area (Å²) in [6.07, 6.45) is 0. The van der Waals surface area contributed by atoms with E-state index in [1.807, 2.05) is 0 Å². The predicted octanol–water partition coefficient (Wildman–Crippen LogP) is -3.22. The van der Waals surface area contributed by atoms with Gasteiger partial charge in [-0.15, -0.1) is 11.6 Å². The zero-order chi connectivity index (χ0) is 5.86. The SMILES string of the molecule is C/C(CN)=C(\[O-])Cl.[Li+]. The van der Waals surface area contributed by atoms with Crippen LogP contribution in [0.2, 0.25) is 0 Å². The summed E-state index contributed by atoms with van der Waals surface area (Å²) >= 11 is 4.97. The normalized spacial score (nSPS) is 11.9. The minimum atomic E-state index is -0.442. The maximum atomic E-state index is 10.0. The van der Waals surface area contributed by atoms with Crippen LogP contribution in [-0.2, 0) is 0 Å². The molecule has 0 aromatic carbocycles. The third kappa shape index (κ3) is 4.54. The summed E-state index contributed by atoms with van der Waals surface area (Å²) in [4.78, 5) is 0. The minimum Gasteiger partial charge on any atom is -0.864 e. The van der Waals surface area contributed by atoms with Gasteiger partial charge in [-0.3, -0.25) is 0 Å². The van der Waals surface area contributed by atoms with Gasteiger partial charge in [-0.25, -0.2) is 0 Å². The van der Waals surface area contributed by atoms with Crippen LogP contribution in [0.3, 0.4) is 0 Å². The van der Waals surface area contributed by atoms with Crippen molar-refractivity contribution >= 4 is 11.6 Å². The van der Waals surface area contributed by atoms with Gasteiger partial charge in [0.15, 0.2) is 0 Å². The number of halogens is 1. The van der Waals surface area contributed by atoms with Crippen molar-refractivity contribution in [1.29, 1.82) is 0 Å². The minimum absolute atomic E-state index is 0. The molecule has 0 saturated carbocycles. The molecule has 42 valence electrons. The first kappa shape index (κ1) is 11.2. The van der Waals surface area contributed by atoms with Crippen molar-refractivity contribution in [3.05, 3.63) is 10.8 Å². The average Bonchev–Trinajstić information content (AvgIpc) is 1.65. The predicted molar refractivity (Wildman–Crippen MR) is 27.6 cm³/mol. The van der Waals surface area contributed by atoms with Crippen LogP contribution in [0.15, 0.2) is 10.8 Å². The molecule has 0 aliphatic carbocycles. The van der Waals surface area contributed by atoms with Crippen molar-refractivity contribution in [3.8, 4) is 0 Å². The molecule has 2 nitrogen and oxygen atoms in total. The van der Waals surface area contributed by atoms with E-state index in [1.165, 1.54) is 0 Å². The van der Waals surface area contributed by atoms with Crippen molar-refractivity contribution in [2.45, 2.75) is 6.92 Å². The van der Waals surface area contributed by atoms with Crippen LogP contribution in [0.4, 0.5) is 0 Å². The molecule has 0 aliphatic rings. The molecule has 8 heavy (non-hydrogen) atoms. The number of rotatable bonds is 1. The summed E-state index contributed by atoms with van der Waals surface area (Å²) in [5, 5.41) is 9.58. The molecular weight excluding hydrogens is 120 g/mol. The van der Waals surface area contributed by atoms with Crippen molar-refractivity contribution < 1.29 is 24.0 Å². The van der Waals surface area contributed by atoms with Crippen LogP contribution in [0.1, 0.15) is 6.92 Å². The van der Waals surface area contributed by atoms with Gasteiger partial charge in [-0.1, -0.05) is 5.57 Å². The standard InChI is InChI=1S/C4H8ClNO.Li/c1-3(2-6)4(5)7;/h7H,2,6H2,1H3;/q;+1/p-1/b4-3+;. The second-order valence-corrected chi connectivity index (χ2v) is 1.60. The van der Waals surface area contributed by atoms with E-state index in [1.54, 1.807) is 6.92 Å². The molecule has 0 unspecified atom stereocenters. The Labute approximate surface area is 65.9 Å². The fourth-order valence-electron chi connectivity index (χ4n) is 0.0802. The van der Waals surface area contributed by atoms with Gasteiger partial charge in [0.2, 0.25) is 0 Å². The Hall–Kier alpha value is 0.387. The van der Waals surface area contributed by atoms with E-state index in [-0.39, 0.29) is 25.4 Å². The van der Waals surface area contributed by atoms with Gasteiger partial charge < -0.3 is 10.8 Å². The Morgan fingerprint density at radius 3 is 2.12 bits per heavy atom. The monoisotopic (exact) mass is 127 g/mol. The van der Waals surface area contributed by atoms with E-state index in [4.69, 9.17) is 17.3 Å². The molecule has 0 amide bonds. The molecule has 0 saturated heterocycles.